The maximum absolute atomic E-state index is 12.9. The van der Waals surface area contributed by atoms with E-state index in [0.29, 0.717) is 17.7 Å². The van der Waals surface area contributed by atoms with Gasteiger partial charge in [-0.05, 0) is 59.2 Å². The van der Waals surface area contributed by atoms with Crippen LogP contribution in [0.25, 0.3) is 10.8 Å². The molecule has 31 heavy (non-hydrogen) atoms. The fourth-order valence-electron chi connectivity index (χ4n) is 4.04. The Morgan fingerprint density at radius 3 is 2.68 bits per heavy atom. The highest BCUT2D eigenvalue weighted by atomic mass is 16.1. The number of aromatic nitrogens is 2. The van der Waals surface area contributed by atoms with Crippen molar-refractivity contribution < 1.29 is 9.59 Å². The highest BCUT2D eigenvalue weighted by Gasteiger charge is 2.43. The van der Waals surface area contributed by atoms with Crippen LogP contribution in [0.1, 0.15) is 33.8 Å². The Balaban J connectivity index is 1.25. The Bertz CT molecular complexity index is 1270. The lowest BCUT2D eigenvalue weighted by atomic mass is 10.00. The van der Waals surface area contributed by atoms with Crippen LogP contribution >= 0.6 is 0 Å². The summed E-state index contributed by atoms with van der Waals surface area (Å²) >= 11 is 0. The molecule has 0 radical (unpaired) electrons. The van der Waals surface area contributed by atoms with Crippen molar-refractivity contribution in [2.75, 3.05) is 5.32 Å². The highest BCUT2D eigenvalue weighted by molar-refractivity contribution is 6.04. The largest absolute Gasteiger partial charge is 0.321 e. The molecular formula is C26H21N3O2. The summed E-state index contributed by atoms with van der Waals surface area (Å²) in [7, 11) is 0. The third-order valence-electron chi connectivity index (χ3n) is 5.78. The van der Waals surface area contributed by atoms with Gasteiger partial charge in [0.15, 0.2) is 0 Å². The van der Waals surface area contributed by atoms with Crippen LogP contribution < -0.4 is 5.32 Å². The predicted octanol–water partition coefficient (Wildman–Crippen LogP) is 4.80. The SMILES string of the molecule is O=C(Nc1cccnc1)c1cccc([C@@H]2C[C@H]2C(=O)Cc2ccc3cnccc3c2)c1. The standard InChI is InChI=1S/C26H21N3O2/c30-25(12-17-6-7-21-15-28-10-8-18(21)11-17)24-14-23(24)19-3-1-4-20(13-19)26(31)29-22-5-2-9-27-16-22/h1-11,13,15-16,23-24H,12,14H2,(H,29,31)/t23-,24+/m0/s1. The van der Waals surface area contributed by atoms with Crippen molar-refractivity contribution in [3.63, 3.8) is 0 Å². The van der Waals surface area contributed by atoms with Crippen LogP contribution in [0, 0.1) is 5.92 Å². The summed E-state index contributed by atoms with van der Waals surface area (Å²) in [5.41, 5.74) is 3.31. The zero-order valence-electron chi connectivity index (χ0n) is 16.9. The second kappa shape index (κ2) is 8.11. The van der Waals surface area contributed by atoms with E-state index in [1.54, 1.807) is 36.8 Å². The van der Waals surface area contributed by atoms with Gasteiger partial charge in [-0.3, -0.25) is 19.6 Å². The normalized spacial score (nSPS) is 17.3. The number of nitrogens with one attached hydrogen (secondary N) is 1. The maximum Gasteiger partial charge on any atom is 0.255 e. The van der Waals surface area contributed by atoms with Crippen LogP contribution in [0.4, 0.5) is 5.69 Å². The van der Waals surface area contributed by atoms with E-state index in [0.717, 1.165) is 28.3 Å². The molecule has 4 aromatic rings. The third-order valence-corrected chi connectivity index (χ3v) is 5.78. The van der Waals surface area contributed by atoms with Gasteiger partial charge >= 0.3 is 0 Å². The van der Waals surface area contributed by atoms with Crippen LogP contribution in [-0.4, -0.2) is 21.7 Å². The third kappa shape index (κ3) is 4.21. The molecule has 0 aliphatic heterocycles. The van der Waals surface area contributed by atoms with Crippen molar-refractivity contribution in [1.29, 1.82) is 0 Å². The second-order valence-corrected chi connectivity index (χ2v) is 7.97. The van der Waals surface area contributed by atoms with E-state index in [9.17, 15) is 9.59 Å². The summed E-state index contributed by atoms with van der Waals surface area (Å²) in [6, 6.07) is 19.2. The Labute approximate surface area is 180 Å². The molecule has 2 atom stereocenters. The first kappa shape index (κ1) is 19.1. The number of pyridine rings is 2. The number of Topliss-reactive ketones (excluding diaryl/α,β-unsaturated/α-hetero) is 1. The number of benzene rings is 2. The second-order valence-electron chi connectivity index (χ2n) is 7.97. The summed E-state index contributed by atoms with van der Waals surface area (Å²) in [5, 5.41) is 5.02. The van der Waals surface area contributed by atoms with Crippen molar-refractivity contribution in [1.82, 2.24) is 9.97 Å². The molecule has 0 saturated heterocycles. The molecule has 1 aliphatic rings. The minimum absolute atomic E-state index is 0.0183. The summed E-state index contributed by atoms with van der Waals surface area (Å²) in [4.78, 5) is 33.6. The van der Waals surface area contributed by atoms with E-state index >= 15 is 0 Å². The number of nitrogens with zero attached hydrogens (tertiary/aromatic N) is 2. The highest BCUT2D eigenvalue weighted by Crippen LogP contribution is 2.48. The molecule has 1 saturated carbocycles. The molecule has 1 fully saturated rings. The fourth-order valence-corrected chi connectivity index (χ4v) is 4.04. The Hall–Kier alpha value is -3.86. The minimum Gasteiger partial charge on any atom is -0.321 e. The van der Waals surface area contributed by atoms with Gasteiger partial charge in [-0.25, -0.2) is 0 Å². The molecule has 0 unspecified atom stereocenters. The van der Waals surface area contributed by atoms with Crippen LogP contribution in [0.5, 0.6) is 0 Å². The smallest absolute Gasteiger partial charge is 0.255 e. The van der Waals surface area contributed by atoms with Gasteiger partial charge in [0.2, 0.25) is 0 Å². The number of hydrogen-bond donors (Lipinski definition) is 1. The number of fused-ring (bicyclic) bond motifs is 1. The molecule has 5 rings (SSSR count). The molecule has 1 N–H and O–H groups in total. The molecule has 152 valence electrons. The van der Waals surface area contributed by atoms with Crippen molar-refractivity contribution in [3.8, 4) is 0 Å². The molecule has 1 amide bonds. The monoisotopic (exact) mass is 407 g/mol. The van der Waals surface area contributed by atoms with E-state index < -0.39 is 0 Å². The predicted molar refractivity (Wildman–Crippen MR) is 120 cm³/mol. The number of carbonyl (C=O) groups excluding carboxylic acids is 2. The molecule has 5 nitrogen and oxygen atoms in total. The summed E-state index contributed by atoms with van der Waals surface area (Å²) in [5.74, 6) is 0.278. The van der Waals surface area contributed by atoms with Crippen LogP contribution in [0.3, 0.4) is 0 Å². The van der Waals surface area contributed by atoms with E-state index in [1.165, 1.54) is 0 Å². The number of amides is 1. The van der Waals surface area contributed by atoms with Gasteiger partial charge in [-0.1, -0.05) is 30.3 Å². The van der Waals surface area contributed by atoms with Crippen molar-refractivity contribution in [2.45, 2.75) is 18.8 Å². The van der Waals surface area contributed by atoms with Gasteiger partial charge < -0.3 is 5.32 Å². The van der Waals surface area contributed by atoms with E-state index in [2.05, 4.69) is 21.4 Å². The summed E-state index contributed by atoms with van der Waals surface area (Å²) < 4.78 is 0. The van der Waals surface area contributed by atoms with Gasteiger partial charge in [-0.2, -0.15) is 0 Å². The average molecular weight is 407 g/mol. The maximum atomic E-state index is 12.9. The summed E-state index contributed by atoms with van der Waals surface area (Å²) in [6.45, 7) is 0. The molecule has 2 aromatic heterocycles. The number of hydrogen-bond acceptors (Lipinski definition) is 4. The Morgan fingerprint density at radius 1 is 0.903 bits per heavy atom. The topological polar surface area (TPSA) is 72.0 Å². The zero-order chi connectivity index (χ0) is 21.2. The van der Waals surface area contributed by atoms with Crippen LogP contribution in [0.2, 0.25) is 0 Å². The molecule has 1 aliphatic carbocycles. The van der Waals surface area contributed by atoms with Gasteiger partial charge in [0.1, 0.15) is 5.78 Å². The first-order valence-electron chi connectivity index (χ1n) is 10.3. The van der Waals surface area contributed by atoms with Crippen molar-refractivity contribution in [3.05, 3.63) is 102 Å². The number of anilines is 1. The van der Waals surface area contributed by atoms with E-state index in [-0.39, 0.29) is 23.5 Å². The molecule has 5 heteroatoms. The van der Waals surface area contributed by atoms with Crippen LogP contribution in [0.15, 0.2) is 85.5 Å². The van der Waals surface area contributed by atoms with Gasteiger partial charge in [0.25, 0.3) is 5.91 Å². The molecule has 0 bridgehead atoms. The van der Waals surface area contributed by atoms with Crippen LogP contribution in [-0.2, 0) is 11.2 Å². The number of carbonyl (C=O) groups is 2. The number of rotatable bonds is 6. The van der Waals surface area contributed by atoms with E-state index in [1.807, 2.05) is 42.6 Å². The fraction of sp³-hybridized carbons (Fsp3) is 0.154. The number of ketones is 1. The van der Waals surface area contributed by atoms with Gasteiger partial charge in [-0.15, -0.1) is 0 Å². The van der Waals surface area contributed by atoms with Crippen molar-refractivity contribution in [2.24, 2.45) is 5.92 Å². The lowest BCUT2D eigenvalue weighted by Gasteiger charge is -2.07. The van der Waals surface area contributed by atoms with Crippen molar-refractivity contribution >= 4 is 28.2 Å². The quantitative estimate of drug-likeness (QED) is 0.498. The lowest BCUT2D eigenvalue weighted by molar-refractivity contribution is -0.119. The summed E-state index contributed by atoms with van der Waals surface area (Å²) in [6.07, 6.45) is 8.14. The molecule has 0 spiro atoms. The van der Waals surface area contributed by atoms with E-state index in [4.69, 9.17) is 0 Å². The average Bonchev–Trinajstić information content (AvgIpc) is 3.61. The van der Waals surface area contributed by atoms with Gasteiger partial charge in [0, 0.05) is 41.9 Å². The molecular weight excluding hydrogens is 386 g/mol. The zero-order valence-corrected chi connectivity index (χ0v) is 16.9. The van der Waals surface area contributed by atoms with Gasteiger partial charge in [0.05, 0.1) is 11.9 Å². The minimum atomic E-state index is -0.177. The Morgan fingerprint density at radius 2 is 1.81 bits per heavy atom. The first-order valence-corrected chi connectivity index (χ1v) is 10.3. The molecule has 2 heterocycles. The Kier molecular flexibility index (Phi) is 5.00. The molecule has 2 aromatic carbocycles. The lowest BCUT2D eigenvalue weighted by Crippen LogP contribution is -2.12. The first-order chi connectivity index (χ1) is 15.2.